The van der Waals surface area contributed by atoms with E-state index in [9.17, 15) is 8.42 Å². The molecule has 1 spiro atoms. The summed E-state index contributed by atoms with van der Waals surface area (Å²) in [5.74, 6) is 1.02. The minimum absolute atomic E-state index is 0.0941. The summed E-state index contributed by atoms with van der Waals surface area (Å²) in [6, 6.07) is 3.09. The maximum Gasteiger partial charge on any atom is 0.276 e. The number of piperidine rings is 1. The summed E-state index contributed by atoms with van der Waals surface area (Å²) in [7, 11) is -3.80. The molecule has 2 aliphatic rings. The normalized spacial score (nSPS) is 21.9. The van der Waals surface area contributed by atoms with Crippen LogP contribution in [0.1, 0.15) is 41.8 Å². The lowest BCUT2D eigenvalue weighted by molar-refractivity contribution is 0.216. The van der Waals surface area contributed by atoms with Crippen molar-refractivity contribution in [2.24, 2.45) is 0 Å². The number of anilines is 1. The van der Waals surface area contributed by atoms with Crippen LogP contribution in [0.5, 0.6) is 0 Å². The molecule has 3 aromatic heterocycles. The Balaban J connectivity index is 1.46. The topological polar surface area (TPSA) is 128 Å². The molecule has 3 aromatic rings. The average molecular weight is 430 g/mol. The zero-order valence-electron chi connectivity index (χ0n) is 16.9. The first kappa shape index (κ1) is 19.3. The lowest BCUT2D eigenvalue weighted by atomic mass is 9.78. The molecular formula is C20H23N5O4S. The number of aryl methyl sites for hydroxylation is 2. The summed E-state index contributed by atoms with van der Waals surface area (Å²) in [6.45, 7) is 4.48. The average Bonchev–Trinajstić information content (AvgIpc) is 3.43. The molecule has 30 heavy (non-hydrogen) atoms. The van der Waals surface area contributed by atoms with Crippen LogP contribution in [0.25, 0.3) is 11.5 Å². The van der Waals surface area contributed by atoms with E-state index in [2.05, 4.69) is 15.1 Å². The maximum atomic E-state index is 13.4. The Morgan fingerprint density at radius 1 is 1.23 bits per heavy atom. The highest BCUT2D eigenvalue weighted by atomic mass is 32.2. The van der Waals surface area contributed by atoms with E-state index in [-0.39, 0.29) is 16.5 Å². The number of furan rings is 1. The third-order valence-electron chi connectivity index (χ3n) is 6.36. The Hall–Kier alpha value is -2.72. The molecule has 0 bridgehead atoms. The lowest BCUT2D eigenvalue weighted by Crippen LogP contribution is -2.47. The second-order valence-electron chi connectivity index (χ2n) is 8.17. The summed E-state index contributed by atoms with van der Waals surface area (Å²) in [5.41, 5.74) is 9.01. The first-order valence-corrected chi connectivity index (χ1v) is 11.4. The third kappa shape index (κ3) is 2.85. The van der Waals surface area contributed by atoms with Crippen molar-refractivity contribution in [2.75, 3.05) is 18.8 Å². The van der Waals surface area contributed by atoms with Crippen molar-refractivity contribution in [3.05, 3.63) is 40.8 Å². The largest absolute Gasteiger partial charge is 0.440 e. The second-order valence-corrected chi connectivity index (χ2v) is 10.0. The molecule has 158 valence electrons. The van der Waals surface area contributed by atoms with Crippen LogP contribution < -0.4 is 5.73 Å². The van der Waals surface area contributed by atoms with Gasteiger partial charge in [0.1, 0.15) is 0 Å². The van der Waals surface area contributed by atoms with Crippen molar-refractivity contribution in [1.82, 2.24) is 19.4 Å². The van der Waals surface area contributed by atoms with Gasteiger partial charge in [0.05, 0.1) is 11.4 Å². The van der Waals surface area contributed by atoms with Gasteiger partial charge in [0.25, 0.3) is 10.0 Å². The number of nitrogens with two attached hydrogens (primary N) is 1. The van der Waals surface area contributed by atoms with Gasteiger partial charge >= 0.3 is 0 Å². The van der Waals surface area contributed by atoms with Gasteiger partial charge in [0.15, 0.2) is 5.76 Å². The number of hydrogen-bond acceptors (Lipinski definition) is 8. The summed E-state index contributed by atoms with van der Waals surface area (Å²) in [4.78, 5) is 8.57. The predicted octanol–water partition coefficient (Wildman–Crippen LogP) is 2.59. The molecule has 1 aliphatic heterocycles. The summed E-state index contributed by atoms with van der Waals surface area (Å²) >= 11 is 0. The predicted molar refractivity (Wildman–Crippen MR) is 108 cm³/mol. The maximum absolute atomic E-state index is 13.4. The molecule has 1 aliphatic carbocycles. The lowest BCUT2D eigenvalue weighted by Gasteiger charge is -2.39. The van der Waals surface area contributed by atoms with Gasteiger partial charge in [-0.15, -0.1) is 0 Å². The van der Waals surface area contributed by atoms with Crippen molar-refractivity contribution >= 4 is 16.0 Å². The van der Waals surface area contributed by atoms with Gasteiger partial charge in [-0.05, 0) is 57.2 Å². The van der Waals surface area contributed by atoms with Crippen LogP contribution in [-0.2, 0) is 21.9 Å². The number of fused-ring (bicyclic) bond motifs is 2. The third-order valence-corrected chi connectivity index (χ3v) is 8.08. The Labute approximate surface area is 174 Å². The van der Waals surface area contributed by atoms with Gasteiger partial charge < -0.3 is 14.7 Å². The fourth-order valence-electron chi connectivity index (χ4n) is 4.60. The fraction of sp³-hybridized carbons (Fsp3) is 0.450. The summed E-state index contributed by atoms with van der Waals surface area (Å²) < 4.78 is 39.3. The molecule has 1 unspecified atom stereocenters. The minimum atomic E-state index is -3.80. The zero-order chi connectivity index (χ0) is 21.1. The van der Waals surface area contributed by atoms with Crippen molar-refractivity contribution in [2.45, 2.75) is 50.0 Å². The van der Waals surface area contributed by atoms with Crippen LogP contribution >= 0.6 is 0 Å². The van der Waals surface area contributed by atoms with Gasteiger partial charge in [0.2, 0.25) is 16.8 Å². The first-order chi connectivity index (χ1) is 14.3. The van der Waals surface area contributed by atoms with Gasteiger partial charge in [-0.25, -0.2) is 18.4 Å². The van der Waals surface area contributed by atoms with Crippen LogP contribution in [0.3, 0.4) is 0 Å². The highest BCUT2D eigenvalue weighted by molar-refractivity contribution is 7.89. The van der Waals surface area contributed by atoms with E-state index in [1.165, 1.54) is 10.4 Å². The Morgan fingerprint density at radius 2 is 2.07 bits per heavy atom. The van der Waals surface area contributed by atoms with Crippen LogP contribution in [0.4, 0.5) is 5.95 Å². The monoisotopic (exact) mass is 429 g/mol. The van der Waals surface area contributed by atoms with Crippen LogP contribution in [0.15, 0.2) is 32.4 Å². The standard InChI is InChI=1S/C20H23N5O4S/c1-12-13(2)24-29-17(12)15-4-5-16(28-15)30(26,27)25-9-3-7-20(11-25)8-6-14-10-22-19(21)23-18(14)20/h4-5,10H,3,6-9,11H2,1-2H3,(H2,21,22,23). The molecular weight excluding hydrogens is 406 g/mol. The molecule has 1 atom stereocenters. The van der Waals surface area contributed by atoms with E-state index in [1.54, 1.807) is 12.3 Å². The summed E-state index contributed by atoms with van der Waals surface area (Å²) in [6.07, 6.45) is 5.06. The van der Waals surface area contributed by atoms with E-state index in [1.807, 2.05) is 13.8 Å². The first-order valence-electron chi connectivity index (χ1n) is 9.95. The number of hydrogen-bond donors (Lipinski definition) is 1. The molecule has 1 fully saturated rings. The van der Waals surface area contributed by atoms with Crippen molar-refractivity contribution in [3.8, 4) is 11.5 Å². The van der Waals surface area contributed by atoms with Gasteiger partial charge in [-0.3, -0.25) is 0 Å². The number of sulfonamides is 1. The number of nitrogen functional groups attached to an aromatic ring is 1. The number of aromatic nitrogens is 3. The summed E-state index contributed by atoms with van der Waals surface area (Å²) in [5, 5.41) is 3.82. The van der Waals surface area contributed by atoms with Crippen molar-refractivity contribution in [3.63, 3.8) is 0 Å². The second kappa shape index (κ2) is 6.64. The molecule has 0 saturated carbocycles. The molecule has 0 aromatic carbocycles. The Morgan fingerprint density at radius 3 is 2.83 bits per heavy atom. The molecule has 5 rings (SSSR count). The molecule has 4 heterocycles. The zero-order valence-corrected chi connectivity index (χ0v) is 17.7. The fourth-order valence-corrected chi connectivity index (χ4v) is 6.08. The highest BCUT2D eigenvalue weighted by Gasteiger charge is 2.47. The van der Waals surface area contributed by atoms with Crippen LogP contribution in [0.2, 0.25) is 0 Å². The number of rotatable bonds is 3. The smallest absolute Gasteiger partial charge is 0.276 e. The van der Waals surface area contributed by atoms with Crippen LogP contribution in [0, 0.1) is 13.8 Å². The molecule has 9 nitrogen and oxygen atoms in total. The quantitative estimate of drug-likeness (QED) is 0.673. The van der Waals surface area contributed by atoms with E-state index in [0.717, 1.165) is 48.2 Å². The molecule has 10 heteroatoms. The Bertz CT molecular complexity index is 1230. The van der Waals surface area contributed by atoms with Crippen molar-refractivity contribution < 1.29 is 17.4 Å². The van der Waals surface area contributed by atoms with Crippen molar-refractivity contribution in [1.29, 1.82) is 0 Å². The molecule has 0 amide bonds. The van der Waals surface area contributed by atoms with E-state index < -0.39 is 10.0 Å². The van der Waals surface area contributed by atoms with E-state index in [4.69, 9.17) is 14.7 Å². The highest BCUT2D eigenvalue weighted by Crippen LogP contribution is 2.45. The molecule has 0 radical (unpaired) electrons. The van der Waals surface area contributed by atoms with Gasteiger partial charge in [-0.1, -0.05) is 5.16 Å². The minimum Gasteiger partial charge on any atom is -0.440 e. The van der Waals surface area contributed by atoms with E-state index >= 15 is 0 Å². The molecule has 1 saturated heterocycles. The van der Waals surface area contributed by atoms with E-state index in [0.29, 0.717) is 24.6 Å². The molecule has 2 N–H and O–H groups in total. The van der Waals surface area contributed by atoms with Crippen LogP contribution in [-0.4, -0.2) is 40.9 Å². The Kier molecular flexibility index (Phi) is 4.26. The van der Waals surface area contributed by atoms with Gasteiger partial charge in [0, 0.05) is 30.3 Å². The SMILES string of the molecule is Cc1noc(-c2ccc(S(=O)(=O)N3CCCC4(CCc5cnc(N)nc54)C3)o2)c1C. The van der Waals surface area contributed by atoms with Gasteiger partial charge in [-0.2, -0.15) is 4.31 Å². The number of nitrogens with zero attached hydrogens (tertiary/aromatic N) is 4.